The Labute approximate surface area is 103 Å². The standard InChI is InChI=1S/C14H20N2O/c1-10(9-17)11(2)16-12(3)14-6-4-5-13(7-14)8-15/h4-7,10-12,16-17H,9H2,1-3H3. The minimum absolute atomic E-state index is 0.173. The molecule has 0 saturated carbocycles. The molecule has 0 aliphatic heterocycles. The number of benzene rings is 1. The molecule has 1 aromatic rings. The van der Waals surface area contributed by atoms with Gasteiger partial charge in [0.15, 0.2) is 0 Å². The predicted octanol–water partition coefficient (Wildman–Crippen LogP) is 2.23. The van der Waals surface area contributed by atoms with Gasteiger partial charge in [-0.05, 0) is 37.5 Å². The summed E-state index contributed by atoms with van der Waals surface area (Å²) in [6.45, 7) is 6.32. The molecule has 0 saturated heterocycles. The van der Waals surface area contributed by atoms with Crippen LogP contribution in [0.15, 0.2) is 24.3 Å². The van der Waals surface area contributed by atoms with E-state index in [-0.39, 0.29) is 24.6 Å². The maximum atomic E-state index is 9.09. The van der Waals surface area contributed by atoms with Crippen molar-refractivity contribution in [2.45, 2.75) is 32.9 Å². The molecule has 3 heteroatoms. The summed E-state index contributed by atoms with van der Waals surface area (Å²) in [7, 11) is 0. The van der Waals surface area contributed by atoms with Crippen LogP contribution in [0.1, 0.15) is 37.9 Å². The van der Waals surface area contributed by atoms with E-state index in [2.05, 4.69) is 25.2 Å². The molecule has 17 heavy (non-hydrogen) atoms. The second-order valence-electron chi connectivity index (χ2n) is 4.57. The molecule has 0 aliphatic carbocycles. The number of aliphatic hydroxyl groups is 1. The van der Waals surface area contributed by atoms with Gasteiger partial charge in [0.2, 0.25) is 0 Å². The molecule has 0 radical (unpaired) electrons. The lowest BCUT2D eigenvalue weighted by molar-refractivity contribution is 0.202. The van der Waals surface area contributed by atoms with Crippen LogP contribution in [0.5, 0.6) is 0 Å². The van der Waals surface area contributed by atoms with E-state index in [0.717, 1.165) is 5.56 Å². The fourth-order valence-electron chi connectivity index (χ4n) is 1.69. The van der Waals surface area contributed by atoms with Gasteiger partial charge in [0.1, 0.15) is 0 Å². The molecule has 0 aliphatic rings. The van der Waals surface area contributed by atoms with Crippen LogP contribution in [-0.4, -0.2) is 17.8 Å². The number of nitriles is 1. The monoisotopic (exact) mass is 232 g/mol. The average Bonchev–Trinajstić information content (AvgIpc) is 2.37. The molecule has 0 amide bonds. The Bertz CT molecular complexity index is 397. The topological polar surface area (TPSA) is 56.0 Å². The molecular weight excluding hydrogens is 212 g/mol. The van der Waals surface area contributed by atoms with E-state index in [1.54, 1.807) is 6.07 Å². The van der Waals surface area contributed by atoms with Crippen molar-refractivity contribution in [2.75, 3.05) is 6.61 Å². The van der Waals surface area contributed by atoms with Crippen molar-refractivity contribution in [1.82, 2.24) is 5.32 Å². The third-order valence-corrected chi connectivity index (χ3v) is 3.17. The maximum absolute atomic E-state index is 9.09. The number of nitrogens with one attached hydrogen (secondary N) is 1. The number of hydrogen-bond acceptors (Lipinski definition) is 3. The van der Waals surface area contributed by atoms with E-state index >= 15 is 0 Å². The Morgan fingerprint density at radius 1 is 1.35 bits per heavy atom. The third-order valence-electron chi connectivity index (χ3n) is 3.17. The summed E-state index contributed by atoms with van der Waals surface area (Å²) in [6.07, 6.45) is 0. The van der Waals surface area contributed by atoms with Crippen molar-refractivity contribution in [3.8, 4) is 6.07 Å². The van der Waals surface area contributed by atoms with E-state index in [9.17, 15) is 0 Å². The van der Waals surface area contributed by atoms with Crippen LogP contribution in [0.25, 0.3) is 0 Å². The summed E-state index contributed by atoms with van der Waals surface area (Å²) in [6, 6.07) is 10.2. The summed E-state index contributed by atoms with van der Waals surface area (Å²) < 4.78 is 0. The molecule has 2 N–H and O–H groups in total. The average molecular weight is 232 g/mol. The zero-order valence-corrected chi connectivity index (χ0v) is 10.6. The fourth-order valence-corrected chi connectivity index (χ4v) is 1.69. The minimum Gasteiger partial charge on any atom is -0.396 e. The van der Waals surface area contributed by atoms with Gasteiger partial charge in [0, 0.05) is 18.7 Å². The van der Waals surface area contributed by atoms with Gasteiger partial charge in [0.05, 0.1) is 11.6 Å². The Hall–Kier alpha value is -1.37. The first-order valence-corrected chi connectivity index (χ1v) is 5.95. The van der Waals surface area contributed by atoms with Crippen molar-refractivity contribution in [3.63, 3.8) is 0 Å². The van der Waals surface area contributed by atoms with Crippen LogP contribution in [0, 0.1) is 17.2 Å². The van der Waals surface area contributed by atoms with Crippen molar-refractivity contribution in [1.29, 1.82) is 5.26 Å². The highest BCUT2D eigenvalue weighted by molar-refractivity contribution is 5.34. The quantitative estimate of drug-likeness (QED) is 0.818. The molecule has 1 rings (SSSR count). The lowest BCUT2D eigenvalue weighted by Crippen LogP contribution is -2.35. The second kappa shape index (κ2) is 6.39. The third kappa shape index (κ3) is 3.85. The molecule has 0 bridgehead atoms. The summed E-state index contributed by atoms with van der Waals surface area (Å²) in [5, 5.41) is 21.4. The summed E-state index contributed by atoms with van der Waals surface area (Å²) in [5.41, 5.74) is 1.78. The van der Waals surface area contributed by atoms with Gasteiger partial charge in [-0.3, -0.25) is 0 Å². The van der Waals surface area contributed by atoms with Gasteiger partial charge < -0.3 is 10.4 Å². The zero-order valence-electron chi connectivity index (χ0n) is 10.6. The Morgan fingerprint density at radius 2 is 2.06 bits per heavy atom. The normalized spacial score (nSPS) is 15.9. The largest absolute Gasteiger partial charge is 0.396 e. The van der Waals surface area contributed by atoms with Crippen LogP contribution < -0.4 is 5.32 Å². The molecule has 3 unspecified atom stereocenters. The molecular formula is C14H20N2O. The second-order valence-corrected chi connectivity index (χ2v) is 4.57. The highest BCUT2D eigenvalue weighted by Gasteiger charge is 2.14. The predicted molar refractivity (Wildman–Crippen MR) is 68.4 cm³/mol. The number of aliphatic hydroxyl groups excluding tert-OH is 1. The van der Waals surface area contributed by atoms with E-state index in [4.69, 9.17) is 10.4 Å². The summed E-state index contributed by atoms with van der Waals surface area (Å²) >= 11 is 0. The summed E-state index contributed by atoms with van der Waals surface area (Å²) in [4.78, 5) is 0. The van der Waals surface area contributed by atoms with E-state index in [1.165, 1.54) is 0 Å². The molecule has 0 aromatic heterocycles. The van der Waals surface area contributed by atoms with Crippen LogP contribution in [0.2, 0.25) is 0 Å². The zero-order chi connectivity index (χ0) is 12.8. The van der Waals surface area contributed by atoms with Crippen molar-refractivity contribution in [3.05, 3.63) is 35.4 Å². The maximum Gasteiger partial charge on any atom is 0.0991 e. The lowest BCUT2D eigenvalue weighted by Gasteiger charge is -2.24. The van der Waals surface area contributed by atoms with Crippen LogP contribution in [0.4, 0.5) is 0 Å². The fraction of sp³-hybridized carbons (Fsp3) is 0.500. The van der Waals surface area contributed by atoms with Gasteiger partial charge in [-0.15, -0.1) is 0 Å². The highest BCUT2D eigenvalue weighted by Crippen LogP contribution is 2.16. The molecule has 0 spiro atoms. The van der Waals surface area contributed by atoms with Crippen molar-refractivity contribution in [2.24, 2.45) is 5.92 Å². The first kappa shape index (κ1) is 13.7. The van der Waals surface area contributed by atoms with E-state index < -0.39 is 0 Å². The summed E-state index contributed by atoms with van der Waals surface area (Å²) in [5.74, 6) is 0.219. The molecule has 3 nitrogen and oxygen atoms in total. The lowest BCUT2D eigenvalue weighted by atomic mass is 10.0. The van der Waals surface area contributed by atoms with Gasteiger partial charge in [-0.2, -0.15) is 5.26 Å². The van der Waals surface area contributed by atoms with E-state index in [1.807, 2.05) is 25.1 Å². The van der Waals surface area contributed by atoms with Gasteiger partial charge in [-0.25, -0.2) is 0 Å². The molecule has 0 heterocycles. The minimum atomic E-state index is 0.173. The molecule has 3 atom stereocenters. The molecule has 0 fully saturated rings. The number of nitrogens with zero attached hydrogens (tertiary/aromatic N) is 1. The molecule has 1 aromatic carbocycles. The SMILES string of the molecule is CC(NC(C)C(C)CO)c1cccc(C#N)c1. The van der Waals surface area contributed by atoms with Gasteiger partial charge >= 0.3 is 0 Å². The van der Waals surface area contributed by atoms with Gasteiger partial charge in [0.25, 0.3) is 0 Å². The van der Waals surface area contributed by atoms with Crippen LogP contribution in [0.3, 0.4) is 0 Å². The smallest absolute Gasteiger partial charge is 0.0991 e. The van der Waals surface area contributed by atoms with E-state index in [0.29, 0.717) is 5.56 Å². The van der Waals surface area contributed by atoms with Crippen molar-refractivity contribution >= 4 is 0 Å². The van der Waals surface area contributed by atoms with Crippen LogP contribution >= 0.6 is 0 Å². The first-order valence-electron chi connectivity index (χ1n) is 5.95. The Balaban J connectivity index is 2.69. The Morgan fingerprint density at radius 3 is 2.65 bits per heavy atom. The molecule has 92 valence electrons. The van der Waals surface area contributed by atoms with Crippen molar-refractivity contribution < 1.29 is 5.11 Å². The number of rotatable bonds is 5. The van der Waals surface area contributed by atoms with Crippen LogP contribution in [-0.2, 0) is 0 Å². The number of hydrogen-bond donors (Lipinski definition) is 2. The highest BCUT2D eigenvalue weighted by atomic mass is 16.3. The first-order chi connectivity index (χ1) is 8.08. The van der Waals surface area contributed by atoms with Gasteiger partial charge in [-0.1, -0.05) is 19.1 Å². The Kier molecular flexibility index (Phi) is 5.14.